The lowest BCUT2D eigenvalue weighted by Crippen LogP contribution is -1.78. The number of azide groups is 1. The fraction of sp³-hybridized carbons (Fsp3) is 0.0909. The molecule has 0 saturated carbocycles. The van der Waals surface area contributed by atoms with Crippen molar-refractivity contribution in [2.45, 2.75) is 6.42 Å². The maximum Gasteiger partial charge on any atom is 0.0378 e. The van der Waals surface area contributed by atoms with Crippen molar-refractivity contribution >= 4 is 0 Å². The summed E-state index contributed by atoms with van der Waals surface area (Å²) in [7, 11) is 0. The van der Waals surface area contributed by atoms with Crippen LogP contribution in [0.1, 0.15) is 6.42 Å². The van der Waals surface area contributed by atoms with Crippen LogP contribution in [0.4, 0.5) is 0 Å². The number of allylic oxidation sites excluding steroid dienone is 9. The summed E-state index contributed by atoms with van der Waals surface area (Å²) in [5.74, 6) is 0. The van der Waals surface area contributed by atoms with Gasteiger partial charge in [-0.2, -0.15) is 0 Å². The third-order valence-corrected chi connectivity index (χ3v) is 2.10. The molecule has 2 aliphatic rings. The normalized spacial score (nSPS) is 18.4. The molecule has 0 saturated heterocycles. The summed E-state index contributed by atoms with van der Waals surface area (Å²) in [6.07, 6.45) is 14.7. The van der Waals surface area contributed by atoms with Gasteiger partial charge in [0.2, 0.25) is 0 Å². The van der Waals surface area contributed by atoms with Gasteiger partial charge < -0.3 is 0 Å². The highest BCUT2D eigenvalue weighted by Crippen LogP contribution is 2.23. The third-order valence-electron chi connectivity index (χ3n) is 2.10. The molecule has 2 bridgehead atoms. The van der Waals surface area contributed by atoms with Crippen LogP contribution >= 0.6 is 0 Å². The van der Waals surface area contributed by atoms with Crippen molar-refractivity contribution in [3.05, 3.63) is 69.8 Å². The predicted molar refractivity (Wildman–Crippen MR) is 56.3 cm³/mol. The maximum atomic E-state index is 8.34. The van der Waals surface area contributed by atoms with E-state index < -0.39 is 0 Å². The van der Waals surface area contributed by atoms with E-state index in [1.165, 1.54) is 5.57 Å². The number of nitrogens with zero attached hydrogens (tertiary/aromatic N) is 3. The van der Waals surface area contributed by atoms with Crippen LogP contribution < -0.4 is 0 Å². The summed E-state index contributed by atoms with van der Waals surface area (Å²) >= 11 is 0. The van der Waals surface area contributed by atoms with Gasteiger partial charge in [0.15, 0.2) is 0 Å². The highest BCUT2D eigenvalue weighted by atomic mass is 15.1. The van der Waals surface area contributed by atoms with Crippen molar-refractivity contribution in [1.29, 1.82) is 0 Å². The van der Waals surface area contributed by atoms with Gasteiger partial charge in [-0.25, -0.2) is 0 Å². The van der Waals surface area contributed by atoms with Gasteiger partial charge in [0.05, 0.1) is 0 Å². The Morgan fingerprint density at radius 1 is 1.14 bits per heavy atom. The number of hydrogen-bond donors (Lipinski definition) is 0. The SMILES string of the molecule is [N-]=[N+]=NC1=CC2=CC=CC=C(C=C1)C2. The topological polar surface area (TPSA) is 48.8 Å². The molecule has 2 aliphatic carbocycles. The van der Waals surface area contributed by atoms with Gasteiger partial charge in [-0.3, -0.25) is 0 Å². The summed E-state index contributed by atoms with van der Waals surface area (Å²) < 4.78 is 0. The second-order valence-corrected chi connectivity index (χ2v) is 3.14. The predicted octanol–water partition coefficient (Wildman–Crippen LogP) is 3.56. The molecule has 0 radical (unpaired) electrons. The first kappa shape index (κ1) is 8.60. The Hall–Kier alpha value is -1.99. The largest absolute Gasteiger partial charge is 0.0620 e. The lowest BCUT2D eigenvalue weighted by molar-refractivity contribution is 1.22. The Kier molecular flexibility index (Phi) is 2.34. The quantitative estimate of drug-likeness (QED) is 0.339. The molecule has 0 aromatic carbocycles. The zero-order valence-corrected chi connectivity index (χ0v) is 7.59. The first-order chi connectivity index (χ1) is 6.88. The van der Waals surface area contributed by atoms with Gasteiger partial charge in [0.1, 0.15) is 0 Å². The lowest BCUT2D eigenvalue weighted by Gasteiger charge is -1.97. The van der Waals surface area contributed by atoms with Crippen LogP contribution in [-0.4, -0.2) is 0 Å². The zero-order chi connectivity index (χ0) is 9.80. The van der Waals surface area contributed by atoms with Crippen molar-refractivity contribution in [3.8, 4) is 0 Å². The highest BCUT2D eigenvalue weighted by Gasteiger charge is 2.04. The van der Waals surface area contributed by atoms with Crippen LogP contribution in [0.3, 0.4) is 0 Å². The monoisotopic (exact) mass is 183 g/mol. The molecule has 0 aromatic heterocycles. The Bertz CT molecular complexity index is 441. The van der Waals surface area contributed by atoms with E-state index in [1.807, 2.05) is 36.5 Å². The van der Waals surface area contributed by atoms with E-state index in [1.54, 1.807) is 0 Å². The fourth-order valence-corrected chi connectivity index (χ4v) is 1.47. The molecule has 3 heteroatoms. The molecule has 0 N–H and O–H groups in total. The number of fused-ring (bicyclic) bond motifs is 2. The van der Waals surface area contributed by atoms with E-state index in [0.29, 0.717) is 5.70 Å². The molecule has 68 valence electrons. The van der Waals surface area contributed by atoms with Crippen LogP contribution in [0.5, 0.6) is 0 Å². The molecule has 14 heavy (non-hydrogen) atoms. The summed E-state index contributed by atoms with van der Waals surface area (Å²) in [5.41, 5.74) is 11.4. The smallest absolute Gasteiger partial charge is 0.0378 e. The van der Waals surface area contributed by atoms with Gasteiger partial charge in [0.25, 0.3) is 0 Å². The van der Waals surface area contributed by atoms with Gasteiger partial charge in [0, 0.05) is 10.6 Å². The first-order valence-corrected chi connectivity index (χ1v) is 4.40. The van der Waals surface area contributed by atoms with Crippen molar-refractivity contribution < 1.29 is 0 Å². The molecule has 0 fully saturated rings. The van der Waals surface area contributed by atoms with Crippen molar-refractivity contribution in [2.75, 3.05) is 0 Å². The van der Waals surface area contributed by atoms with E-state index >= 15 is 0 Å². The average Bonchev–Trinajstić information content (AvgIpc) is 2.50. The molecule has 0 aromatic rings. The molecular formula is C11H9N3. The summed E-state index contributed by atoms with van der Waals surface area (Å²) in [5, 5.41) is 3.60. The first-order valence-electron chi connectivity index (χ1n) is 4.40. The molecule has 0 atom stereocenters. The Labute approximate surface area is 82.1 Å². The van der Waals surface area contributed by atoms with Crippen LogP contribution in [0.15, 0.2) is 64.5 Å². The highest BCUT2D eigenvalue weighted by molar-refractivity contribution is 5.45. The molecule has 0 unspecified atom stereocenters. The molecule has 0 heterocycles. The molecule has 2 rings (SSSR count). The van der Waals surface area contributed by atoms with Crippen LogP contribution in [0.25, 0.3) is 10.4 Å². The summed E-state index contributed by atoms with van der Waals surface area (Å²) in [6, 6.07) is 0. The molecule has 3 nitrogen and oxygen atoms in total. The summed E-state index contributed by atoms with van der Waals surface area (Å²) in [4.78, 5) is 2.78. The van der Waals surface area contributed by atoms with E-state index in [2.05, 4.69) is 16.1 Å². The van der Waals surface area contributed by atoms with Gasteiger partial charge in [-0.05, 0) is 29.2 Å². The van der Waals surface area contributed by atoms with Crippen LogP contribution in [0.2, 0.25) is 0 Å². The van der Waals surface area contributed by atoms with Gasteiger partial charge in [-0.15, -0.1) is 0 Å². The molecule has 0 spiro atoms. The molecule has 0 amide bonds. The maximum absolute atomic E-state index is 8.34. The second-order valence-electron chi connectivity index (χ2n) is 3.14. The van der Waals surface area contributed by atoms with E-state index in [4.69, 9.17) is 5.53 Å². The van der Waals surface area contributed by atoms with Gasteiger partial charge in [-0.1, -0.05) is 41.6 Å². The molecule has 0 aliphatic heterocycles. The Morgan fingerprint density at radius 3 is 2.71 bits per heavy atom. The second kappa shape index (κ2) is 3.81. The number of hydrogen-bond acceptors (Lipinski definition) is 1. The zero-order valence-electron chi connectivity index (χ0n) is 7.59. The minimum absolute atomic E-state index is 0.664. The Balaban J connectivity index is 2.46. The van der Waals surface area contributed by atoms with Crippen molar-refractivity contribution in [3.63, 3.8) is 0 Å². The van der Waals surface area contributed by atoms with Crippen LogP contribution in [-0.2, 0) is 0 Å². The van der Waals surface area contributed by atoms with Crippen LogP contribution in [0, 0.1) is 0 Å². The lowest BCUT2D eigenvalue weighted by atomic mass is 10.1. The van der Waals surface area contributed by atoms with E-state index in [-0.39, 0.29) is 0 Å². The minimum Gasteiger partial charge on any atom is -0.0620 e. The summed E-state index contributed by atoms with van der Waals surface area (Å²) in [6.45, 7) is 0. The average molecular weight is 183 g/mol. The van der Waals surface area contributed by atoms with Gasteiger partial charge >= 0.3 is 0 Å². The Morgan fingerprint density at radius 2 is 1.93 bits per heavy atom. The minimum atomic E-state index is 0.664. The fourth-order valence-electron chi connectivity index (χ4n) is 1.47. The van der Waals surface area contributed by atoms with E-state index in [0.717, 1.165) is 12.0 Å². The van der Waals surface area contributed by atoms with Crippen molar-refractivity contribution in [1.82, 2.24) is 0 Å². The van der Waals surface area contributed by atoms with Crippen molar-refractivity contribution in [2.24, 2.45) is 5.11 Å². The third kappa shape index (κ3) is 1.84. The van der Waals surface area contributed by atoms with E-state index in [9.17, 15) is 0 Å². The standard InChI is InChI=1S/C11H9N3/c12-14-13-11-6-5-9-3-1-2-4-10(7-9)8-11/h1-6,8H,7H2. The molecular weight excluding hydrogens is 174 g/mol. The number of rotatable bonds is 1.